The average molecular weight is 371 g/mol. The van der Waals surface area contributed by atoms with E-state index in [1.165, 1.54) is 18.2 Å². The van der Waals surface area contributed by atoms with Crippen LogP contribution < -0.4 is 4.74 Å². The summed E-state index contributed by atoms with van der Waals surface area (Å²) >= 11 is 3.42. The van der Waals surface area contributed by atoms with Gasteiger partial charge in [0, 0.05) is 10.5 Å². The van der Waals surface area contributed by atoms with Gasteiger partial charge in [0.15, 0.2) is 0 Å². The van der Waals surface area contributed by atoms with Gasteiger partial charge in [0.25, 0.3) is 0 Å². The van der Waals surface area contributed by atoms with Crippen LogP contribution in [-0.2, 0) is 4.79 Å². The van der Waals surface area contributed by atoms with E-state index in [1.807, 2.05) is 30.3 Å². The van der Waals surface area contributed by atoms with Gasteiger partial charge in [-0.3, -0.25) is 0 Å². The molecule has 0 unspecified atom stereocenters. The summed E-state index contributed by atoms with van der Waals surface area (Å²) in [7, 11) is 0. The molecule has 0 bridgehead atoms. The number of benzene rings is 3. The van der Waals surface area contributed by atoms with Gasteiger partial charge in [0.05, 0.1) is 0 Å². The minimum atomic E-state index is -0.481. The largest absolute Gasteiger partial charge is 0.423 e. The summed E-state index contributed by atoms with van der Waals surface area (Å²) in [5, 5.41) is 2.04. The van der Waals surface area contributed by atoms with Gasteiger partial charge < -0.3 is 4.74 Å². The van der Waals surface area contributed by atoms with Crippen LogP contribution in [0.5, 0.6) is 5.75 Å². The fourth-order valence-electron chi connectivity index (χ4n) is 2.15. The molecular weight excluding hydrogens is 359 g/mol. The molecule has 0 atom stereocenters. The van der Waals surface area contributed by atoms with Crippen LogP contribution >= 0.6 is 15.9 Å². The molecule has 0 fully saturated rings. The van der Waals surface area contributed by atoms with Crippen molar-refractivity contribution >= 4 is 38.7 Å². The van der Waals surface area contributed by atoms with Crippen LogP contribution in [0.1, 0.15) is 5.56 Å². The number of ether oxygens (including phenoxy) is 1. The van der Waals surface area contributed by atoms with Gasteiger partial charge in [-0.2, -0.15) is 0 Å². The molecule has 23 heavy (non-hydrogen) atoms. The molecule has 0 aliphatic rings. The Morgan fingerprint density at radius 3 is 2.43 bits per heavy atom. The Labute approximate surface area is 141 Å². The lowest BCUT2D eigenvalue weighted by Crippen LogP contribution is -2.03. The van der Waals surface area contributed by atoms with E-state index in [9.17, 15) is 9.18 Å². The van der Waals surface area contributed by atoms with E-state index in [0.29, 0.717) is 5.75 Å². The predicted octanol–water partition coefficient (Wildman–Crippen LogP) is 5.36. The summed E-state index contributed by atoms with van der Waals surface area (Å²) < 4.78 is 19.1. The maximum atomic E-state index is 12.8. The number of carbonyl (C=O) groups is 1. The lowest BCUT2D eigenvalue weighted by Gasteiger charge is -2.04. The quantitative estimate of drug-likeness (QED) is 0.352. The third-order valence-electron chi connectivity index (χ3n) is 3.27. The highest BCUT2D eigenvalue weighted by molar-refractivity contribution is 9.10. The van der Waals surface area contributed by atoms with Crippen molar-refractivity contribution in [1.29, 1.82) is 0 Å². The molecule has 4 heteroatoms. The van der Waals surface area contributed by atoms with E-state index in [2.05, 4.69) is 15.9 Å². The van der Waals surface area contributed by atoms with Crippen LogP contribution in [0.15, 0.2) is 71.2 Å². The molecule has 3 aromatic carbocycles. The third-order valence-corrected chi connectivity index (χ3v) is 3.77. The first-order valence-electron chi connectivity index (χ1n) is 6.95. The normalized spacial score (nSPS) is 11.0. The van der Waals surface area contributed by atoms with Crippen LogP contribution in [0.2, 0.25) is 0 Å². The molecule has 0 saturated heterocycles. The Kier molecular flexibility index (Phi) is 4.53. The summed E-state index contributed by atoms with van der Waals surface area (Å²) in [5.41, 5.74) is 0.728. The number of carbonyl (C=O) groups excluding carboxylic acids is 1. The first-order chi connectivity index (χ1) is 11.1. The SMILES string of the molecule is O=C(C=Cc1ccc(F)cc1)Oc1ccc2cc(Br)ccc2c1. The van der Waals surface area contributed by atoms with E-state index in [0.717, 1.165) is 20.8 Å². The second-order valence-corrected chi connectivity index (χ2v) is 5.87. The second-order valence-electron chi connectivity index (χ2n) is 4.96. The van der Waals surface area contributed by atoms with Crippen LogP contribution in [0, 0.1) is 5.82 Å². The molecule has 3 aromatic rings. The Hall–Kier alpha value is -2.46. The second kappa shape index (κ2) is 6.75. The molecule has 0 saturated carbocycles. The van der Waals surface area contributed by atoms with Gasteiger partial charge in [-0.1, -0.05) is 40.2 Å². The van der Waals surface area contributed by atoms with Crippen molar-refractivity contribution in [2.24, 2.45) is 0 Å². The average Bonchev–Trinajstić information content (AvgIpc) is 2.54. The molecule has 0 N–H and O–H groups in total. The number of esters is 1. The molecule has 0 aliphatic heterocycles. The maximum absolute atomic E-state index is 12.8. The highest BCUT2D eigenvalue weighted by Gasteiger charge is 2.03. The molecule has 0 aromatic heterocycles. The molecule has 114 valence electrons. The van der Waals surface area contributed by atoms with Gasteiger partial charge in [-0.05, 0) is 58.8 Å². The van der Waals surface area contributed by atoms with Gasteiger partial charge in [-0.15, -0.1) is 0 Å². The van der Waals surface area contributed by atoms with E-state index >= 15 is 0 Å². The first-order valence-corrected chi connectivity index (χ1v) is 7.74. The van der Waals surface area contributed by atoms with Crippen molar-refractivity contribution in [3.05, 3.63) is 82.6 Å². The summed E-state index contributed by atoms with van der Waals surface area (Å²) in [4.78, 5) is 11.9. The van der Waals surface area contributed by atoms with E-state index in [4.69, 9.17) is 4.74 Å². The van der Waals surface area contributed by atoms with Crippen molar-refractivity contribution in [3.8, 4) is 5.75 Å². The lowest BCUT2D eigenvalue weighted by molar-refractivity contribution is -0.128. The van der Waals surface area contributed by atoms with Crippen molar-refractivity contribution in [2.45, 2.75) is 0 Å². The van der Waals surface area contributed by atoms with Crippen molar-refractivity contribution in [2.75, 3.05) is 0 Å². The Morgan fingerprint density at radius 2 is 1.65 bits per heavy atom. The smallest absolute Gasteiger partial charge is 0.336 e. The summed E-state index contributed by atoms with van der Waals surface area (Å²) in [5.74, 6) is -0.313. The van der Waals surface area contributed by atoms with Crippen molar-refractivity contribution in [1.82, 2.24) is 0 Å². The molecule has 0 radical (unpaired) electrons. The first kappa shape index (κ1) is 15.4. The molecule has 3 rings (SSSR count). The van der Waals surface area contributed by atoms with Gasteiger partial charge in [-0.25, -0.2) is 9.18 Å². The van der Waals surface area contributed by atoms with Gasteiger partial charge in [0.2, 0.25) is 0 Å². The fraction of sp³-hybridized carbons (Fsp3) is 0. The van der Waals surface area contributed by atoms with E-state index < -0.39 is 5.97 Å². The minimum absolute atomic E-state index is 0.312. The topological polar surface area (TPSA) is 26.3 Å². The monoisotopic (exact) mass is 370 g/mol. The molecular formula is C19H12BrFO2. The van der Waals surface area contributed by atoms with E-state index in [1.54, 1.807) is 24.3 Å². The maximum Gasteiger partial charge on any atom is 0.336 e. The summed E-state index contributed by atoms with van der Waals surface area (Å²) in [6, 6.07) is 17.2. The third kappa shape index (κ3) is 4.05. The molecule has 0 amide bonds. The number of hydrogen-bond donors (Lipinski definition) is 0. The lowest BCUT2D eigenvalue weighted by atomic mass is 10.1. The molecule has 0 spiro atoms. The zero-order valence-corrected chi connectivity index (χ0v) is 13.6. The number of hydrogen-bond acceptors (Lipinski definition) is 2. The zero-order chi connectivity index (χ0) is 16.2. The highest BCUT2D eigenvalue weighted by atomic mass is 79.9. The van der Waals surface area contributed by atoms with Crippen molar-refractivity contribution < 1.29 is 13.9 Å². The number of fused-ring (bicyclic) bond motifs is 1. The standard InChI is InChI=1S/C19H12BrFO2/c20-16-6-4-15-12-18(9-5-14(15)11-16)23-19(22)10-3-13-1-7-17(21)8-2-13/h1-12H. The predicted molar refractivity (Wildman–Crippen MR) is 92.7 cm³/mol. The van der Waals surface area contributed by atoms with Gasteiger partial charge in [0.1, 0.15) is 11.6 Å². The number of rotatable bonds is 3. The molecule has 0 heterocycles. The van der Waals surface area contributed by atoms with Crippen LogP contribution in [-0.4, -0.2) is 5.97 Å². The summed E-state index contributed by atoms with van der Waals surface area (Å²) in [6.07, 6.45) is 2.90. The highest BCUT2D eigenvalue weighted by Crippen LogP contribution is 2.24. The zero-order valence-electron chi connectivity index (χ0n) is 12.0. The Balaban J connectivity index is 1.72. The number of halogens is 2. The van der Waals surface area contributed by atoms with Crippen LogP contribution in [0.25, 0.3) is 16.8 Å². The summed E-state index contributed by atoms with van der Waals surface area (Å²) in [6.45, 7) is 0. The fourth-order valence-corrected chi connectivity index (χ4v) is 2.53. The van der Waals surface area contributed by atoms with E-state index in [-0.39, 0.29) is 5.82 Å². The Morgan fingerprint density at radius 1 is 0.957 bits per heavy atom. The minimum Gasteiger partial charge on any atom is -0.423 e. The molecule has 2 nitrogen and oxygen atoms in total. The van der Waals surface area contributed by atoms with Crippen molar-refractivity contribution in [3.63, 3.8) is 0 Å². The van der Waals surface area contributed by atoms with Gasteiger partial charge >= 0.3 is 5.97 Å². The molecule has 0 aliphatic carbocycles. The van der Waals surface area contributed by atoms with Crippen LogP contribution in [0.3, 0.4) is 0 Å². The van der Waals surface area contributed by atoms with Crippen LogP contribution in [0.4, 0.5) is 4.39 Å². The Bertz CT molecular complexity index is 886.